The minimum absolute atomic E-state index is 0.579. The molecule has 3 rings (SSSR count). The van der Waals surface area contributed by atoms with Crippen molar-refractivity contribution in [1.82, 2.24) is 25.1 Å². The summed E-state index contributed by atoms with van der Waals surface area (Å²) in [7, 11) is 4.01. The van der Waals surface area contributed by atoms with E-state index in [0.29, 0.717) is 18.2 Å². The molecule has 2 N–H and O–H groups in total. The van der Waals surface area contributed by atoms with Gasteiger partial charge in [0.2, 0.25) is 0 Å². The molecule has 0 unspecified atom stereocenters. The lowest BCUT2D eigenvalue weighted by atomic mass is 10.2. The molecule has 7 heteroatoms. The molecular formula is C15H18N6O. The molecule has 22 heavy (non-hydrogen) atoms. The minimum Gasteiger partial charge on any atom is -0.487 e. The zero-order valence-corrected chi connectivity index (χ0v) is 12.6. The van der Waals surface area contributed by atoms with Gasteiger partial charge in [-0.05, 0) is 32.3 Å². The number of hydrogen-bond donors (Lipinski definition) is 2. The number of nitrogens with zero attached hydrogens (tertiary/aromatic N) is 4. The highest BCUT2D eigenvalue weighted by Gasteiger charge is 2.07. The molecule has 0 bridgehead atoms. The second-order valence-corrected chi connectivity index (χ2v) is 5.18. The minimum atomic E-state index is 0.579. The standard InChI is InChI=1S/C15H18N6O/c1-21(2)5-6-22-14-9-16-10-17-15(14)19-12-3-4-13-11(7-12)8-18-20-13/h3-4,7-10H,5-6H2,1-2H3,(H,18,20)(H,16,17,19). The topological polar surface area (TPSA) is 79.0 Å². The lowest BCUT2D eigenvalue weighted by Crippen LogP contribution is -2.19. The molecule has 0 aliphatic heterocycles. The summed E-state index contributed by atoms with van der Waals surface area (Å²) in [5.41, 5.74) is 1.92. The zero-order valence-electron chi connectivity index (χ0n) is 12.6. The first-order valence-corrected chi connectivity index (χ1v) is 7.00. The number of likely N-dealkylation sites (N-methyl/N-ethyl adjacent to an activating group) is 1. The van der Waals surface area contributed by atoms with Gasteiger partial charge in [-0.2, -0.15) is 5.10 Å². The van der Waals surface area contributed by atoms with E-state index in [9.17, 15) is 0 Å². The second kappa shape index (κ2) is 6.40. The summed E-state index contributed by atoms with van der Waals surface area (Å²) in [4.78, 5) is 10.3. The van der Waals surface area contributed by atoms with Crippen LogP contribution in [0.2, 0.25) is 0 Å². The molecule has 0 saturated heterocycles. The predicted molar refractivity (Wildman–Crippen MR) is 85.5 cm³/mol. The first-order chi connectivity index (χ1) is 10.7. The Kier molecular flexibility index (Phi) is 4.15. The summed E-state index contributed by atoms with van der Waals surface area (Å²) < 4.78 is 5.74. The maximum absolute atomic E-state index is 5.74. The van der Waals surface area contributed by atoms with Gasteiger partial charge in [0.25, 0.3) is 0 Å². The zero-order chi connectivity index (χ0) is 15.4. The van der Waals surface area contributed by atoms with Crippen LogP contribution in [0, 0.1) is 0 Å². The molecule has 0 aliphatic rings. The molecule has 0 amide bonds. The Morgan fingerprint density at radius 1 is 1.27 bits per heavy atom. The smallest absolute Gasteiger partial charge is 0.180 e. The Labute approximate surface area is 128 Å². The van der Waals surface area contributed by atoms with Gasteiger partial charge in [0.15, 0.2) is 11.6 Å². The van der Waals surface area contributed by atoms with E-state index in [-0.39, 0.29) is 0 Å². The van der Waals surface area contributed by atoms with Crippen LogP contribution in [0.15, 0.2) is 36.9 Å². The summed E-state index contributed by atoms with van der Waals surface area (Å²) in [5, 5.41) is 11.2. The van der Waals surface area contributed by atoms with Crippen LogP contribution in [0.3, 0.4) is 0 Å². The summed E-state index contributed by atoms with van der Waals surface area (Å²) in [5.74, 6) is 1.29. The van der Waals surface area contributed by atoms with Gasteiger partial charge < -0.3 is 15.0 Å². The van der Waals surface area contributed by atoms with Crippen molar-refractivity contribution in [2.75, 3.05) is 32.6 Å². The largest absolute Gasteiger partial charge is 0.487 e. The van der Waals surface area contributed by atoms with Crippen LogP contribution in [0.25, 0.3) is 10.9 Å². The van der Waals surface area contributed by atoms with Crippen molar-refractivity contribution in [3.8, 4) is 5.75 Å². The molecule has 3 aromatic rings. The number of H-pyrrole nitrogens is 1. The summed E-state index contributed by atoms with van der Waals surface area (Å²) in [6.07, 6.45) is 4.95. The number of aromatic amines is 1. The average Bonchev–Trinajstić information content (AvgIpc) is 2.96. The number of fused-ring (bicyclic) bond motifs is 1. The first kappa shape index (κ1) is 14.3. The third kappa shape index (κ3) is 3.32. The quantitative estimate of drug-likeness (QED) is 0.725. The van der Waals surface area contributed by atoms with Gasteiger partial charge in [0, 0.05) is 17.6 Å². The Bertz CT molecular complexity index is 754. The summed E-state index contributed by atoms with van der Waals surface area (Å²) >= 11 is 0. The van der Waals surface area contributed by atoms with Gasteiger partial charge in [-0.15, -0.1) is 0 Å². The van der Waals surface area contributed by atoms with Crippen molar-refractivity contribution in [2.45, 2.75) is 0 Å². The fourth-order valence-corrected chi connectivity index (χ4v) is 2.01. The highest BCUT2D eigenvalue weighted by atomic mass is 16.5. The van der Waals surface area contributed by atoms with Crippen molar-refractivity contribution < 1.29 is 4.74 Å². The van der Waals surface area contributed by atoms with Gasteiger partial charge in [-0.1, -0.05) is 0 Å². The van der Waals surface area contributed by atoms with Crippen LogP contribution < -0.4 is 10.1 Å². The molecule has 7 nitrogen and oxygen atoms in total. The lowest BCUT2D eigenvalue weighted by molar-refractivity contribution is 0.261. The number of anilines is 2. The van der Waals surface area contributed by atoms with E-state index in [1.54, 1.807) is 12.4 Å². The molecule has 0 aliphatic carbocycles. The maximum atomic E-state index is 5.74. The number of aromatic nitrogens is 4. The third-order valence-electron chi connectivity index (χ3n) is 3.18. The van der Waals surface area contributed by atoms with Crippen molar-refractivity contribution in [2.24, 2.45) is 0 Å². The molecule has 1 aromatic carbocycles. The van der Waals surface area contributed by atoms with Crippen LogP contribution in [0.5, 0.6) is 5.75 Å². The third-order valence-corrected chi connectivity index (χ3v) is 3.18. The fraction of sp³-hybridized carbons (Fsp3) is 0.267. The highest BCUT2D eigenvalue weighted by molar-refractivity contribution is 5.82. The molecule has 114 valence electrons. The van der Waals surface area contributed by atoms with Crippen LogP contribution in [-0.4, -0.2) is 52.3 Å². The van der Waals surface area contributed by atoms with Gasteiger partial charge in [0.05, 0.1) is 17.9 Å². The number of benzene rings is 1. The molecule has 0 atom stereocenters. The highest BCUT2D eigenvalue weighted by Crippen LogP contribution is 2.25. The molecule has 0 spiro atoms. The maximum Gasteiger partial charge on any atom is 0.180 e. The molecule has 0 fully saturated rings. The van der Waals surface area contributed by atoms with E-state index >= 15 is 0 Å². The van der Waals surface area contributed by atoms with Gasteiger partial charge in [-0.3, -0.25) is 5.10 Å². The second-order valence-electron chi connectivity index (χ2n) is 5.18. The van der Waals surface area contributed by atoms with Gasteiger partial charge >= 0.3 is 0 Å². The van der Waals surface area contributed by atoms with E-state index in [0.717, 1.165) is 23.1 Å². The van der Waals surface area contributed by atoms with Crippen LogP contribution in [0.4, 0.5) is 11.5 Å². The van der Waals surface area contributed by atoms with E-state index in [2.05, 4.69) is 30.4 Å². The SMILES string of the molecule is CN(C)CCOc1cncnc1Nc1ccc2[nH]ncc2c1. The number of rotatable bonds is 6. The Hall–Kier alpha value is -2.67. The van der Waals surface area contributed by atoms with E-state index < -0.39 is 0 Å². The van der Waals surface area contributed by atoms with E-state index in [4.69, 9.17) is 4.74 Å². The predicted octanol–water partition coefficient (Wildman–Crippen LogP) is 2.04. The van der Waals surface area contributed by atoms with Crippen molar-refractivity contribution >= 4 is 22.4 Å². The molecular weight excluding hydrogens is 280 g/mol. The number of hydrogen-bond acceptors (Lipinski definition) is 6. The van der Waals surface area contributed by atoms with Crippen molar-refractivity contribution in [3.63, 3.8) is 0 Å². The Morgan fingerprint density at radius 2 is 2.18 bits per heavy atom. The summed E-state index contributed by atoms with van der Waals surface area (Å²) in [6, 6.07) is 5.94. The normalized spacial score (nSPS) is 11.0. The average molecular weight is 298 g/mol. The fourth-order valence-electron chi connectivity index (χ4n) is 2.01. The lowest BCUT2D eigenvalue weighted by Gasteiger charge is -2.13. The molecule has 2 aromatic heterocycles. The van der Waals surface area contributed by atoms with Crippen molar-refractivity contribution in [1.29, 1.82) is 0 Å². The van der Waals surface area contributed by atoms with Crippen LogP contribution in [-0.2, 0) is 0 Å². The van der Waals surface area contributed by atoms with E-state index in [1.807, 2.05) is 32.3 Å². The monoisotopic (exact) mass is 298 g/mol. The van der Waals surface area contributed by atoms with E-state index in [1.165, 1.54) is 6.33 Å². The number of nitrogens with one attached hydrogen (secondary N) is 2. The summed E-state index contributed by atoms with van der Waals surface area (Å²) in [6.45, 7) is 1.41. The molecule has 0 saturated carbocycles. The number of ether oxygens (including phenoxy) is 1. The Balaban J connectivity index is 1.76. The molecule has 2 heterocycles. The first-order valence-electron chi connectivity index (χ1n) is 7.00. The van der Waals surface area contributed by atoms with Crippen LogP contribution in [0.1, 0.15) is 0 Å². The Morgan fingerprint density at radius 3 is 3.05 bits per heavy atom. The van der Waals surface area contributed by atoms with Gasteiger partial charge in [0.1, 0.15) is 12.9 Å². The van der Waals surface area contributed by atoms with Crippen LogP contribution >= 0.6 is 0 Å². The molecule has 0 radical (unpaired) electrons. The van der Waals surface area contributed by atoms with Gasteiger partial charge in [-0.25, -0.2) is 9.97 Å². The van der Waals surface area contributed by atoms with Crippen molar-refractivity contribution in [3.05, 3.63) is 36.9 Å².